The summed E-state index contributed by atoms with van der Waals surface area (Å²) in [5.41, 5.74) is 0. The van der Waals surface area contributed by atoms with Gasteiger partial charge in [0.2, 0.25) is 5.91 Å². The summed E-state index contributed by atoms with van der Waals surface area (Å²) in [7, 11) is 0. The van der Waals surface area contributed by atoms with Crippen molar-refractivity contribution in [1.29, 1.82) is 0 Å². The Labute approximate surface area is 535 Å². The van der Waals surface area contributed by atoms with Crippen LogP contribution < -0.4 is 5.32 Å². The van der Waals surface area contributed by atoms with Gasteiger partial charge in [-0.2, -0.15) is 0 Å². The highest BCUT2D eigenvalue weighted by atomic mass is 16.7. The van der Waals surface area contributed by atoms with E-state index < -0.39 is 49.5 Å². The van der Waals surface area contributed by atoms with E-state index in [1.54, 1.807) is 6.08 Å². The van der Waals surface area contributed by atoms with E-state index in [1.807, 2.05) is 19.1 Å². The van der Waals surface area contributed by atoms with E-state index in [0.29, 0.717) is 19.4 Å². The van der Waals surface area contributed by atoms with E-state index in [-0.39, 0.29) is 18.5 Å². The van der Waals surface area contributed by atoms with Crippen molar-refractivity contribution in [3.63, 3.8) is 0 Å². The molecule has 7 unspecified atom stereocenters. The second kappa shape index (κ2) is 64.9. The number of hydrogen-bond acceptors (Lipinski definition) is 10. The molecule has 1 amide bonds. The van der Waals surface area contributed by atoms with Gasteiger partial charge in [0.15, 0.2) is 6.29 Å². The van der Waals surface area contributed by atoms with Crippen LogP contribution in [0.15, 0.2) is 60.8 Å². The molecule has 0 radical (unpaired) electrons. The third kappa shape index (κ3) is 53.7. The van der Waals surface area contributed by atoms with Crippen LogP contribution in [0.4, 0.5) is 0 Å². The third-order valence-electron chi connectivity index (χ3n) is 17.4. The molecule has 1 fully saturated rings. The number of ether oxygens (including phenoxy) is 3. The predicted molar refractivity (Wildman–Crippen MR) is 366 cm³/mol. The first-order valence-electron chi connectivity index (χ1n) is 37.0. The maximum absolute atomic E-state index is 13.0. The number of esters is 1. The fourth-order valence-electron chi connectivity index (χ4n) is 11.6. The maximum atomic E-state index is 13.0. The smallest absolute Gasteiger partial charge is 0.305 e. The Balaban J connectivity index is 1.89. The molecule has 0 aromatic carbocycles. The molecule has 11 heteroatoms. The van der Waals surface area contributed by atoms with Gasteiger partial charge in [-0.1, -0.05) is 312 Å². The normalized spacial score (nSPS) is 18.2. The van der Waals surface area contributed by atoms with Gasteiger partial charge < -0.3 is 45.1 Å². The van der Waals surface area contributed by atoms with Crippen molar-refractivity contribution in [2.75, 3.05) is 19.8 Å². The van der Waals surface area contributed by atoms with E-state index in [9.17, 15) is 35.1 Å². The molecule has 7 atom stereocenters. The van der Waals surface area contributed by atoms with Crippen LogP contribution >= 0.6 is 0 Å². The number of unbranched alkanes of at least 4 members (excludes halogenated alkanes) is 44. The number of allylic oxidation sites excluding steroid dienone is 9. The number of carbonyl (C=O) groups is 2. The quantitative estimate of drug-likeness (QED) is 0.0195. The average molecular weight is 1230 g/mol. The van der Waals surface area contributed by atoms with Crippen molar-refractivity contribution in [3.05, 3.63) is 60.8 Å². The fraction of sp³-hybridized carbons (Fsp3) is 0.842. The molecule has 0 saturated carbocycles. The Morgan fingerprint density at radius 1 is 0.448 bits per heavy atom. The van der Waals surface area contributed by atoms with Crippen LogP contribution in [0, 0.1) is 0 Å². The summed E-state index contributed by atoms with van der Waals surface area (Å²) >= 11 is 0. The molecule has 1 aliphatic heterocycles. The Hall–Kier alpha value is -2.64. The first kappa shape index (κ1) is 82.4. The highest BCUT2D eigenvalue weighted by Gasteiger charge is 2.44. The minimum Gasteiger partial charge on any atom is -0.466 e. The second-order valence-electron chi connectivity index (χ2n) is 25.6. The number of nitrogens with one attached hydrogen (secondary N) is 1. The number of hydrogen-bond donors (Lipinski definition) is 6. The molecule has 0 aromatic heterocycles. The predicted octanol–water partition coefficient (Wildman–Crippen LogP) is 19.3. The Morgan fingerprint density at radius 3 is 1.26 bits per heavy atom. The van der Waals surface area contributed by atoms with Crippen LogP contribution in [-0.4, -0.2) is 100 Å². The Kier molecular flexibility index (Phi) is 61.4. The van der Waals surface area contributed by atoms with Gasteiger partial charge in [0.25, 0.3) is 0 Å². The number of rotatable bonds is 65. The minimum absolute atomic E-state index is 0.0139. The molecule has 0 aliphatic carbocycles. The van der Waals surface area contributed by atoms with Crippen molar-refractivity contribution < 1.29 is 49.3 Å². The van der Waals surface area contributed by atoms with E-state index in [2.05, 4.69) is 54.8 Å². The molecule has 11 nitrogen and oxygen atoms in total. The molecule has 508 valence electrons. The van der Waals surface area contributed by atoms with Gasteiger partial charge >= 0.3 is 5.97 Å². The summed E-state index contributed by atoms with van der Waals surface area (Å²) in [6.07, 6.45) is 77.1. The molecule has 6 N–H and O–H groups in total. The van der Waals surface area contributed by atoms with Crippen LogP contribution in [0.3, 0.4) is 0 Å². The van der Waals surface area contributed by atoms with Crippen LogP contribution in [0.2, 0.25) is 0 Å². The van der Waals surface area contributed by atoms with Crippen LogP contribution in [-0.2, 0) is 23.8 Å². The average Bonchev–Trinajstić information content (AvgIpc) is 2.97. The van der Waals surface area contributed by atoms with Crippen molar-refractivity contribution in [3.8, 4) is 0 Å². The van der Waals surface area contributed by atoms with Crippen molar-refractivity contribution in [1.82, 2.24) is 5.32 Å². The zero-order chi connectivity index (χ0) is 63.0. The topological polar surface area (TPSA) is 175 Å². The van der Waals surface area contributed by atoms with Crippen LogP contribution in [0.5, 0.6) is 0 Å². The van der Waals surface area contributed by atoms with Crippen LogP contribution in [0.1, 0.15) is 348 Å². The molecule has 1 saturated heterocycles. The van der Waals surface area contributed by atoms with E-state index in [0.717, 1.165) is 64.2 Å². The first-order chi connectivity index (χ1) is 42.7. The number of aliphatic hydroxyl groups is 5. The molecule has 87 heavy (non-hydrogen) atoms. The van der Waals surface area contributed by atoms with E-state index in [1.165, 1.54) is 257 Å². The fourth-order valence-corrected chi connectivity index (χ4v) is 11.6. The summed E-state index contributed by atoms with van der Waals surface area (Å²) in [5, 5.41) is 54.2. The molecular weight excluding hydrogens is 1090 g/mol. The standard InChI is InChI=1S/C76H139NO10/c1-3-5-7-9-11-13-43-48-52-56-60-64-72(81)85-65-61-57-53-49-45-42-40-38-36-34-32-30-28-26-24-22-20-18-16-14-15-17-19-21-23-25-27-29-31-33-35-37-39-41-44-47-51-55-59-63-71(80)77-68(69(79)62-58-54-50-46-12-10-8-6-4-2)67-86-76-75(84)74(83)73(82)70(66-78)87-76/h4,6,12,14-15,18,20,46,58,62,68-70,73-76,78-79,82-84H,3,5,7-11,13,16-17,19,21-45,47-57,59-61,63-67H2,1-2H3,(H,77,80)/b6-4+,15-14-,20-18-,46-12+,62-58+. The zero-order valence-corrected chi connectivity index (χ0v) is 56.5. The third-order valence-corrected chi connectivity index (χ3v) is 17.4. The molecule has 0 aromatic rings. The number of amides is 1. The highest BCUT2D eigenvalue weighted by molar-refractivity contribution is 5.76. The van der Waals surface area contributed by atoms with Gasteiger partial charge in [-0.25, -0.2) is 0 Å². The molecule has 1 rings (SSSR count). The van der Waals surface area contributed by atoms with Gasteiger partial charge in [-0.05, 0) is 84.0 Å². The molecule has 0 bridgehead atoms. The number of carbonyl (C=O) groups excluding carboxylic acids is 2. The minimum atomic E-state index is -1.58. The van der Waals surface area contributed by atoms with Crippen molar-refractivity contribution in [2.24, 2.45) is 0 Å². The molecule has 1 heterocycles. The summed E-state index contributed by atoms with van der Waals surface area (Å²) < 4.78 is 16.7. The lowest BCUT2D eigenvalue weighted by Gasteiger charge is -2.40. The van der Waals surface area contributed by atoms with Crippen molar-refractivity contribution >= 4 is 11.9 Å². The monoisotopic (exact) mass is 1230 g/mol. The van der Waals surface area contributed by atoms with E-state index >= 15 is 0 Å². The lowest BCUT2D eigenvalue weighted by molar-refractivity contribution is -0.302. The lowest BCUT2D eigenvalue weighted by Crippen LogP contribution is -2.60. The van der Waals surface area contributed by atoms with Crippen LogP contribution in [0.25, 0.3) is 0 Å². The first-order valence-corrected chi connectivity index (χ1v) is 37.0. The zero-order valence-electron chi connectivity index (χ0n) is 56.5. The van der Waals surface area contributed by atoms with Gasteiger partial charge in [0.1, 0.15) is 24.4 Å². The summed E-state index contributed by atoms with van der Waals surface area (Å²) in [4.78, 5) is 25.0. The summed E-state index contributed by atoms with van der Waals surface area (Å²) in [6.45, 7) is 4.12. The molecular formula is C76H139NO10. The molecule has 0 spiro atoms. The second-order valence-corrected chi connectivity index (χ2v) is 25.6. The van der Waals surface area contributed by atoms with Gasteiger partial charge in [-0.3, -0.25) is 9.59 Å². The Bertz CT molecular complexity index is 1630. The van der Waals surface area contributed by atoms with Gasteiger partial charge in [0, 0.05) is 12.8 Å². The van der Waals surface area contributed by atoms with Gasteiger partial charge in [0.05, 0.1) is 32.0 Å². The highest BCUT2D eigenvalue weighted by Crippen LogP contribution is 2.23. The summed E-state index contributed by atoms with van der Waals surface area (Å²) in [5.74, 6) is -0.182. The lowest BCUT2D eigenvalue weighted by atomic mass is 9.99. The maximum Gasteiger partial charge on any atom is 0.305 e. The summed E-state index contributed by atoms with van der Waals surface area (Å²) in [6, 6.07) is -0.832. The Morgan fingerprint density at radius 2 is 0.828 bits per heavy atom. The van der Waals surface area contributed by atoms with Crippen molar-refractivity contribution in [2.45, 2.75) is 391 Å². The largest absolute Gasteiger partial charge is 0.466 e. The number of aliphatic hydroxyl groups excluding tert-OH is 5. The SMILES string of the molecule is C/C=C/CC/C=C/CC/C=C/C(O)C(COC1OC(CO)C(O)C(O)C1O)NC(=O)CCCCCCCCCCCCCCCCCCC/C=C\C/C=C\CCCCCCCCCCCCCCCCCOC(=O)CCCCCCCCCCCCC. The van der Waals surface area contributed by atoms with Gasteiger partial charge in [-0.15, -0.1) is 0 Å². The van der Waals surface area contributed by atoms with E-state index in [4.69, 9.17) is 14.2 Å². The molecule has 1 aliphatic rings.